The Morgan fingerprint density at radius 3 is 2.25 bits per heavy atom. The molecule has 1 nitrogen and oxygen atoms in total. The molecule has 0 heterocycles. The fourth-order valence-corrected chi connectivity index (χ4v) is 2.60. The molecule has 0 saturated heterocycles. The summed E-state index contributed by atoms with van der Waals surface area (Å²) in [5, 5.41) is 0. The largest absolute Gasteiger partial charge is 0.330 e. The zero-order chi connectivity index (χ0) is 12.0. The van der Waals surface area contributed by atoms with Gasteiger partial charge in [0.25, 0.3) is 0 Å². The number of hydrogen-bond donors (Lipinski definition) is 1. The van der Waals surface area contributed by atoms with Crippen LogP contribution in [0.3, 0.4) is 0 Å². The van der Waals surface area contributed by atoms with Crippen LogP contribution in [0.2, 0.25) is 0 Å². The summed E-state index contributed by atoms with van der Waals surface area (Å²) in [4.78, 5) is 1.35. The Kier molecular flexibility index (Phi) is 5.93. The smallest absolute Gasteiger partial charge is 0.00720 e. The maximum atomic E-state index is 5.84. The Balaban J connectivity index is 2.70. The van der Waals surface area contributed by atoms with Crippen molar-refractivity contribution in [3.63, 3.8) is 0 Å². The van der Waals surface area contributed by atoms with E-state index < -0.39 is 0 Å². The van der Waals surface area contributed by atoms with Crippen molar-refractivity contribution in [2.24, 2.45) is 11.7 Å². The summed E-state index contributed by atoms with van der Waals surface area (Å²) in [6.07, 6.45) is 1.18. The first-order valence-electron chi connectivity index (χ1n) is 6.10. The summed E-state index contributed by atoms with van der Waals surface area (Å²) in [5.41, 5.74) is 7.23. The standard InChI is InChI=1S/C14H23NS/c1-4-16-14-7-5-12(6-8-14)13(10-15)9-11(2)3/h5-8,11,13H,4,9-10,15H2,1-3H3. The lowest BCUT2D eigenvalue weighted by Crippen LogP contribution is -2.14. The molecule has 90 valence electrons. The summed E-state index contributed by atoms with van der Waals surface area (Å²) < 4.78 is 0. The van der Waals surface area contributed by atoms with E-state index in [1.54, 1.807) is 0 Å². The van der Waals surface area contributed by atoms with Gasteiger partial charge in [-0.1, -0.05) is 32.9 Å². The van der Waals surface area contributed by atoms with E-state index in [1.165, 1.54) is 16.9 Å². The van der Waals surface area contributed by atoms with E-state index in [1.807, 2.05) is 11.8 Å². The lowest BCUT2D eigenvalue weighted by atomic mass is 9.90. The molecule has 1 rings (SSSR count). The van der Waals surface area contributed by atoms with E-state index in [2.05, 4.69) is 45.0 Å². The monoisotopic (exact) mass is 237 g/mol. The summed E-state index contributed by atoms with van der Waals surface area (Å²) in [6, 6.07) is 8.90. The average Bonchev–Trinajstić information content (AvgIpc) is 2.27. The molecule has 1 aromatic rings. The SMILES string of the molecule is CCSc1ccc(C(CN)CC(C)C)cc1. The normalized spacial score (nSPS) is 13.1. The molecule has 0 saturated carbocycles. The quantitative estimate of drug-likeness (QED) is 0.760. The minimum atomic E-state index is 0.515. The Labute approximate surface area is 104 Å². The van der Waals surface area contributed by atoms with Crippen molar-refractivity contribution in [2.45, 2.75) is 38.0 Å². The Hall–Kier alpha value is -0.470. The number of hydrogen-bond acceptors (Lipinski definition) is 2. The number of nitrogens with two attached hydrogens (primary N) is 1. The zero-order valence-electron chi connectivity index (χ0n) is 10.6. The second-order valence-electron chi connectivity index (χ2n) is 4.56. The highest BCUT2D eigenvalue weighted by Crippen LogP contribution is 2.25. The Morgan fingerprint density at radius 2 is 1.81 bits per heavy atom. The fourth-order valence-electron chi connectivity index (χ4n) is 1.94. The second kappa shape index (κ2) is 6.97. The van der Waals surface area contributed by atoms with E-state index >= 15 is 0 Å². The molecule has 1 unspecified atom stereocenters. The first-order valence-corrected chi connectivity index (χ1v) is 7.08. The summed E-state index contributed by atoms with van der Waals surface area (Å²) in [7, 11) is 0. The molecule has 0 aliphatic rings. The van der Waals surface area contributed by atoms with Crippen LogP contribution in [-0.2, 0) is 0 Å². The van der Waals surface area contributed by atoms with E-state index in [4.69, 9.17) is 5.73 Å². The molecule has 1 atom stereocenters. The van der Waals surface area contributed by atoms with Gasteiger partial charge in [-0.15, -0.1) is 11.8 Å². The summed E-state index contributed by atoms with van der Waals surface area (Å²) in [5.74, 6) is 2.35. The van der Waals surface area contributed by atoms with Crippen LogP contribution < -0.4 is 5.73 Å². The van der Waals surface area contributed by atoms with Gasteiger partial charge in [-0.25, -0.2) is 0 Å². The predicted molar refractivity (Wildman–Crippen MR) is 74.1 cm³/mol. The molecular weight excluding hydrogens is 214 g/mol. The van der Waals surface area contributed by atoms with Gasteiger partial charge in [0, 0.05) is 4.90 Å². The Bertz CT molecular complexity index is 292. The molecule has 0 aliphatic heterocycles. The van der Waals surface area contributed by atoms with E-state index in [9.17, 15) is 0 Å². The van der Waals surface area contributed by atoms with Crippen molar-refractivity contribution in [1.29, 1.82) is 0 Å². The van der Waals surface area contributed by atoms with Gasteiger partial charge in [0.1, 0.15) is 0 Å². The molecule has 0 aliphatic carbocycles. The summed E-state index contributed by atoms with van der Waals surface area (Å²) in [6.45, 7) is 7.44. The molecule has 0 bridgehead atoms. The molecule has 0 amide bonds. The van der Waals surface area contributed by atoms with Crippen LogP contribution >= 0.6 is 11.8 Å². The molecule has 2 N–H and O–H groups in total. The van der Waals surface area contributed by atoms with E-state index in [0.29, 0.717) is 11.8 Å². The zero-order valence-corrected chi connectivity index (χ0v) is 11.4. The maximum Gasteiger partial charge on any atom is 0.00720 e. The first-order chi connectivity index (χ1) is 7.67. The number of thioether (sulfide) groups is 1. The molecule has 0 fully saturated rings. The van der Waals surface area contributed by atoms with Crippen LogP contribution in [0.1, 0.15) is 38.7 Å². The third kappa shape index (κ3) is 4.18. The van der Waals surface area contributed by atoms with Crippen LogP contribution in [-0.4, -0.2) is 12.3 Å². The predicted octanol–water partition coefficient (Wildman–Crippen LogP) is 3.89. The van der Waals surface area contributed by atoms with Gasteiger partial charge in [-0.3, -0.25) is 0 Å². The lowest BCUT2D eigenvalue weighted by Gasteiger charge is -2.17. The topological polar surface area (TPSA) is 26.0 Å². The van der Waals surface area contributed by atoms with Gasteiger partial charge >= 0.3 is 0 Å². The second-order valence-corrected chi connectivity index (χ2v) is 5.90. The van der Waals surface area contributed by atoms with Crippen LogP contribution in [0.25, 0.3) is 0 Å². The number of benzene rings is 1. The third-order valence-electron chi connectivity index (χ3n) is 2.70. The summed E-state index contributed by atoms with van der Waals surface area (Å²) >= 11 is 1.89. The van der Waals surface area contributed by atoms with Gasteiger partial charge in [0.2, 0.25) is 0 Å². The average molecular weight is 237 g/mol. The molecule has 0 radical (unpaired) electrons. The van der Waals surface area contributed by atoms with E-state index in [0.717, 1.165) is 12.3 Å². The molecule has 16 heavy (non-hydrogen) atoms. The van der Waals surface area contributed by atoms with Gasteiger partial charge in [0.15, 0.2) is 0 Å². The van der Waals surface area contributed by atoms with Gasteiger partial charge in [-0.2, -0.15) is 0 Å². The van der Waals surface area contributed by atoms with Crippen LogP contribution in [0.4, 0.5) is 0 Å². The van der Waals surface area contributed by atoms with Gasteiger partial charge in [-0.05, 0) is 48.3 Å². The van der Waals surface area contributed by atoms with Gasteiger partial charge < -0.3 is 5.73 Å². The first kappa shape index (κ1) is 13.6. The fraction of sp³-hybridized carbons (Fsp3) is 0.571. The minimum Gasteiger partial charge on any atom is -0.330 e. The number of rotatable bonds is 6. The Morgan fingerprint density at radius 1 is 1.19 bits per heavy atom. The highest BCUT2D eigenvalue weighted by atomic mass is 32.2. The molecule has 0 aromatic heterocycles. The van der Waals surface area contributed by atoms with Crippen molar-refractivity contribution >= 4 is 11.8 Å². The van der Waals surface area contributed by atoms with Crippen LogP contribution in [0.5, 0.6) is 0 Å². The highest BCUT2D eigenvalue weighted by Gasteiger charge is 2.11. The molecular formula is C14H23NS. The van der Waals surface area contributed by atoms with Crippen molar-refractivity contribution < 1.29 is 0 Å². The molecule has 2 heteroatoms. The van der Waals surface area contributed by atoms with Crippen LogP contribution in [0.15, 0.2) is 29.2 Å². The van der Waals surface area contributed by atoms with Crippen molar-refractivity contribution in [3.8, 4) is 0 Å². The molecule has 0 spiro atoms. The van der Waals surface area contributed by atoms with Crippen molar-refractivity contribution in [3.05, 3.63) is 29.8 Å². The van der Waals surface area contributed by atoms with Crippen molar-refractivity contribution in [1.82, 2.24) is 0 Å². The van der Waals surface area contributed by atoms with E-state index in [-0.39, 0.29) is 0 Å². The van der Waals surface area contributed by atoms with Crippen LogP contribution in [0, 0.1) is 5.92 Å². The molecule has 1 aromatic carbocycles. The third-order valence-corrected chi connectivity index (χ3v) is 3.60. The maximum absolute atomic E-state index is 5.84. The lowest BCUT2D eigenvalue weighted by molar-refractivity contribution is 0.504. The van der Waals surface area contributed by atoms with Crippen molar-refractivity contribution in [2.75, 3.05) is 12.3 Å². The minimum absolute atomic E-state index is 0.515. The highest BCUT2D eigenvalue weighted by molar-refractivity contribution is 7.99. The van der Waals surface area contributed by atoms with Gasteiger partial charge in [0.05, 0.1) is 0 Å².